The molecule has 3 N–H and O–H groups in total. The maximum Gasteiger partial charge on any atom is 0.220 e. The molecular formula is C54H99NO3. The van der Waals surface area contributed by atoms with Gasteiger partial charge in [0.25, 0.3) is 0 Å². The van der Waals surface area contributed by atoms with Crippen LogP contribution >= 0.6 is 0 Å². The minimum Gasteiger partial charge on any atom is -0.394 e. The third-order valence-electron chi connectivity index (χ3n) is 11.5. The number of amides is 1. The highest BCUT2D eigenvalue weighted by Crippen LogP contribution is 2.16. The fraction of sp³-hybridized carbons (Fsp3) is 0.796. The van der Waals surface area contributed by atoms with E-state index in [-0.39, 0.29) is 12.5 Å². The van der Waals surface area contributed by atoms with Crippen molar-refractivity contribution >= 4 is 5.91 Å². The summed E-state index contributed by atoms with van der Waals surface area (Å²) in [6, 6.07) is -0.624. The van der Waals surface area contributed by atoms with Crippen LogP contribution in [0.5, 0.6) is 0 Å². The first-order chi connectivity index (χ1) is 28.7. The highest BCUT2D eigenvalue weighted by molar-refractivity contribution is 5.76. The number of allylic oxidation sites excluding steroid dienone is 9. The van der Waals surface area contributed by atoms with E-state index in [1.165, 1.54) is 186 Å². The van der Waals surface area contributed by atoms with E-state index in [9.17, 15) is 15.0 Å². The third-order valence-corrected chi connectivity index (χ3v) is 11.5. The predicted octanol–water partition coefficient (Wildman–Crippen LogP) is 16.5. The fourth-order valence-electron chi connectivity index (χ4n) is 7.64. The number of nitrogens with one attached hydrogen (secondary N) is 1. The molecule has 1 amide bonds. The standard InChI is InChI=1S/C54H99NO3/c1-3-5-7-9-11-13-15-17-19-21-23-24-25-26-27-28-29-30-32-34-36-38-40-42-44-46-48-50-54(58)55-52(51-56)53(57)49-47-45-43-41-39-37-35-33-31-22-20-18-16-14-12-10-8-6-4-2/h5,7,11,13,17,19,23-24,47,49,52-53,56-57H,3-4,6,8-10,12,14-16,18,20-22,25-46,48,50-51H2,1-2H3,(H,55,58)/b7-5-,13-11-,19-17-,24-23-,49-47+. The van der Waals surface area contributed by atoms with E-state index in [0.717, 1.165) is 51.4 Å². The van der Waals surface area contributed by atoms with Crippen LogP contribution in [0.1, 0.15) is 258 Å². The van der Waals surface area contributed by atoms with E-state index in [0.29, 0.717) is 6.42 Å². The maximum atomic E-state index is 12.4. The predicted molar refractivity (Wildman–Crippen MR) is 258 cm³/mol. The van der Waals surface area contributed by atoms with Gasteiger partial charge in [0.05, 0.1) is 18.8 Å². The molecular weight excluding hydrogens is 711 g/mol. The molecule has 338 valence electrons. The molecule has 0 aliphatic heterocycles. The molecule has 0 rings (SSSR count). The van der Waals surface area contributed by atoms with Gasteiger partial charge in [-0.05, 0) is 57.8 Å². The first-order valence-electron chi connectivity index (χ1n) is 25.5. The van der Waals surface area contributed by atoms with E-state index < -0.39 is 12.1 Å². The molecule has 0 aliphatic rings. The molecule has 58 heavy (non-hydrogen) atoms. The van der Waals surface area contributed by atoms with Gasteiger partial charge in [-0.25, -0.2) is 0 Å². The van der Waals surface area contributed by atoms with E-state index in [1.807, 2.05) is 6.08 Å². The van der Waals surface area contributed by atoms with Crippen LogP contribution < -0.4 is 5.32 Å². The summed E-state index contributed by atoms with van der Waals surface area (Å²) in [4.78, 5) is 12.4. The summed E-state index contributed by atoms with van der Waals surface area (Å²) in [5, 5.41) is 23.1. The summed E-state index contributed by atoms with van der Waals surface area (Å²) in [7, 11) is 0. The summed E-state index contributed by atoms with van der Waals surface area (Å²) in [6.45, 7) is 4.21. The van der Waals surface area contributed by atoms with Crippen LogP contribution in [0.4, 0.5) is 0 Å². The number of aliphatic hydroxyl groups excluding tert-OH is 2. The van der Waals surface area contributed by atoms with Gasteiger partial charge < -0.3 is 15.5 Å². The van der Waals surface area contributed by atoms with Gasteiger partial charge in [-0.2, -0.15) is 0 Å². The largest absolute Gasteiger partial charge is 0.394 e. The normalized spacial score (nSPS) is 13.4. The Morgan fingerprint density at radius 1 is 0.431 bits per heavy atom. The van der Waals surface area contributed by atoms with Gasteiger partial charge in [0.15, 0.2) is 0 Å². The van der Waals surface area contributed by atoms with E-state index in [2.05, 4.69) is 67.8 Å². The van der Waals surface area contributed by atoms with Crippen LogP contribution in [0.25, 0.3) is 0 Å². The van der Waals surface area contributed by atoms with Gasteiger partial charge in [0, 0.05) is 6.42 Å². The molecule has 2 unspecified atom stereocenters. The van der Waals surface area contributed by atoms with Gasteiger partial charge >= 0.3 is 0 Å². The molecule has 0 fully saturated rings. The molecule has 0 saturated carbocycles. The van der Waals surface area contributed by atoms with E-state index in [1.54, 1.807) is 6.08 Å². The lowest BCUT2D eigenvalue weighted by Gasteiger charge is -2.20. The van der Waals surface area contributed by atoms with Crippen molar-refractivity contribution in [1.82, 2.24) is 5.32 Å². The van der Waals surface area contributed by atoms with Crippen LogP contribution in [0.2, 0.25) is 0 Å². The second-order valence-electron chi connectivity index (χ2n) is 17.2. The van der Waals surface area contributed by atoms with Gasteiger partial charge in [-0.1, -0.05) is 254 Å². The fourth-order valence-corrected chi connectivity index (χ4v) is 7.64. The van der Waals surface area contributed by atoms with Crippen molar-refractivity contribution in [3.8, 4) is 0 Å². The van der Waals surface area contributed by atoms with Gasteiger partial charge in [0.1, 0.15) is 0 Å². The molecule has 4 nitrogen and oxygen atoms in total. The number of carbonyl (C=O) groups excluding carboxylic acids is 1. The summed E-state index contributed by atoms with van der Waals surface area (Å²) >= 11 is 0. The molecule has 0 aliphatic carbocycles. The smallest absolute Gasteiger partial charge is 0.220 e. The number of hydrogen-bond donors (Lipinski definition) is 3. The summed E-state index contributed by atoms with van der Waals surface area (Å²) < 4.78 is 0. The Morgan fingerprint density at radius 2 is 0.759 bits per heavy atom. The van der Waals surface area contributed by atoms with Crippen molar-refractivity contribution in [3.63, 3.8) is 0 Å². The van der Waals surface area contributed by atoms with Gasteiger partial charge in [-0.3, -0.25) is 4.79 Å². The Hall–Kier alpha value is -1.91. The molecule has 2 atom stereocenters. The monoisotopic (exact) mass is 810 g/mol. The van der Waals surface area contributed by atoms with Gasteiger partial charge in [-0.15, -0.1) is 0 Å². The van der Waals surface area contributed by atoms with Crippen molar-refractivity contribution in [3.05, 3.63) is 60.8 Å². The maximum absolute atomic E-state index is 12.4. The third kappa shape index (κ3) is 45.2. The van der Waals surface area contributed by atoms with Gasteiger partial charge in [0.2, 0.25) is 5.91 Å². The zero-order chi connectivity index (χ0) is 42.1. The average Bonchev–Trinajstić information content (AvgIpc) is 3.23. The average molecular weight is 810 g/mol. The molecule has 0 heterocycles. The van der Waals surface area contributed by atoms with Crippen molar-refractivity contribution in [2.75, 3.05) is 6.61 Å². The summed E-state index contributed by atoms with van der Waals surface area (Å²) in [5.41, 5.74) is 0. The molecule has 4 heteroatoms. The number of carbonyl (C=O) groups is 1. The molecule has 0 aromatic carbocycles. The lowest BCUT2D eigenvalue weighted by Crippen LogP contribution is -2.45. The first kappa shape index (κ1) is 56.1. The zero-order valence-corrected chi connectivity index (χ0v) is 38.8. The molecule has 0 bridgehead atoms. The van der Waals surface area contributed by atoms with Crippen LogP contribution in [0.15, 0.2) is 60.8 Å². The Labute approximate surface area is 362 Å². The Kier molecular flexibility index (Phi) is 47.8. The lowest BCUT2D eigenvalue weighted by atomic mass is 10.0. The Balaban J connectivity index is 3.52. The number of unbranched alkanes of at least 4 members (excludes halogenated alkanes) is 31. The number of aliphatic hydroxyl groups is 2. The summed E-state index contributed by atoms with van der Waals surface area (Å²) in [5.74, 6) is -0.0643. The Bertz CT molecular complexity index is 965. The van der Waals surface area contributed by atoms with Crippen LogP contribution in [-0.4, -0.2) is 34.9 Å². The first-order valence-corrected chi connectivity index (χ1v) is 25.5. The quantitative estimate of drug-likeness (QED) is 0.0424. The highest BCUT2D eigenvalue weighted by Gasteiger charge is 2.18. The lowest BCUT2D eigenvalue weighted by molar-refractivity contribution is -0.123. The van der Waals surface area contributed by atoms with Crippen molar-refractivity contribution in [1.29, 1.82) is 0 Å². The minimum absolute atomic E-state index is 0.0643. The molecule has 0 saturated heterocycles. The molecule has 0 radical (unpaired) electrons. The van der Waals surface area contributed by atoms with Crippen molar-refractivity contribution in [2.45, 2.75) is 270 Å². The topological polar surface area (TPSA) is 69.6 Å². The van der Waals surface area contributed by atoms with Crippen LogP contribution in [0.3, 0.4) is 0 Å². The SMILES string of the molecule is CC/C=C\C/C=C\C/C=C\C/C=C\CCCCCCCCCCCCCCCCC(=O)NC(CO)C(O)/C=C/CCCCCCCCCCCCCCCCCCC. The van der Waals surface area contributed by atoms with E-state index >= 15 is 0 Å². The second-order valence-corrected chi connectivity index (χ2v) is 17.2. The van der Waals surface area contributed by atoms with E-state index in [4.69, 9.17) is 0 Å². The van der Waals surface area contributed by atoms with Crippen molar-refractivity contribution < 1.29 is 15.0 Å². The van der Waals surface area contributed by atoms with Crippen molar-refractivity contribution in [2.24, 2.45) is 0 Å². The molecule has 0 aromatic rings. The highest BCUT2D eigenvalue weighted by atomic mass is 16.3. The Morgan fingerprint density at radius 3 is 1.14 bits per heavy atom. The molecule has 0 aromatic heterocycles. The summed E-state index contributed by atoms with van der Waals surface area (Å²) in [6.07, 6.45) is 69.2. The molecule has 0 spiro atoms. The minimum atomic E-state index is -0.841. The number of hydrogen-bond acceptors (Lipinski definition) is 3. The number of rotatable bonds is 46. The van der Waals surface area contributed by atoms with Crippen LogP contribution in [-0.2, 0) is 4.79 Å². The second kappa shape index (κ2) is 49.5. The van der Waals surface area contributed by atoms with Crippen LogP contribution in [0, 0.1) is 0 Å². The zero-order valence-electron chi connectivity index (χ0n) is 38.8.